The molecule has 8 nitrogen and oxygen atoms in total. The third-order valence-corrected chi connectivity index (χ3v) is 2.09. The number of methoxy groups -OCH3 is 1. The number of nitrogens with one attached hydrogen (secondary N) is 1. The van der Waals surface area contributed by atoms with E-state index in [9.17, 15) is 19.7 Å². The average Bonchev–Trinajstić information content (AvgIpc) is 2.26. The van der Waals surface area contributed by atoms with Crippen LogP contribution in [0.2, 0.25) is 0 Å². The Morgan fingerprint density at radius 3 is 2.44 bits per heavy atom. The molecule has 0 aliphatic carbocycles. The van der Waals surface area contributed by atoms with E-state index < -0.39 is 22.4 Å². The van der Waals surface area contributed by atoms with Crippen LogP contribution >= 0.6 is 0 Å². The van der Waals surface area contributed by atoms with Crippen molar-refractivity contribution in [1.82, 2.24) is 0 Å². The fourth-order valence-electron chi connectivity index (χ4n) is 1.37. The first-order chi connectivity index (χ1) is 8.36. The van der Waals surface area contributed by atoms with E-state index in [4.69, 9.17) is 10.5 Å². The number of hydrogen-bond acceptors (Lipinski definition) is 5. The number of rotatable bonds is 4. The summed E-state index contributed by atoms with van der Waals surface area (Å²) in [6.45, 7) is 1.21. The summed E-state index contributed by atoms with van der Waals surface area (Å²) in [5.74, 6) is -1.28. The minimum atomic E-state index is -0.857. The van der Waals surface area contributed by atoms with Crippen molar-refractivity contribution in [3.8, 4) is 5.75 Å². The Balaban J connectivity index is 3.46. The van der Waals surface area contributed by atoms with E-state index in [-0.39, 0.29) is 17.0 Å². The van der Waals surface area contributed by atoms with Gasteiger partial charge in [0.1, 0.15) is 11.4 Å². The highest BCUT2D eigenvalue weighted by Crippen LogP contribution is 2.32. The van der Waals surface area contributed by atoms with E-state index in [1.165, 1.54) is 20.1 Å². The molecule has 0 heterocycles. The molecule has 96 valence electrons. The molecule has 1 aromatic carbocycles. The quantitative estimate of drug-likeness (QED) is 0.602. The van der Waals surface area contributed by atoms with Crippen LogP contribution in [0.5, 0.6) is 5.75 Å². The highest BCUT2D eigenvalue weighted by atomic mass is 16.6. The maximum absolute atomic E-state index is 11.1. The van der Waals surface area contributed by atoms with Crippen LogP contribution < -0.4 is 15.8 Å². The molecule has 0 aliphatic heterocycles. The zero-order chi connectivity index (χ0) is 13.9. The van der Waals surface area contributed by atoms with Gasteiger partial charge in [0.25, 0.3) is 11.6 Å². The molecule has 0 bridgehead atoms. The Bertz CT molecular complexity index is 526. The highest BCUT2D eigenvalue weighted by molar-refractivity contribution is 5.99. The molecular weight excluding hydrogens is 242 g/mol. The van der Waals surface area contributed by atoms with E-state index >= 15 is 0 Å². The fraction of sp³-hybridized carbons (Fsp3) is 0.200. The third kappa shape index (κ3) is 2.73. The summed E-state index contributed by atoms with van der Waals surface area (Å²) in [4.78, 5) is 32.2. The van der Waals surface area contributed by atoms with Crippen molar-refractivity contribution >= 4 is 23.2 Å². The number of nitro benzene ring substituents is 1. The van der Waals surface area contributed by atoms with Crippen molar-refractivity contribution in [3.05, 3.63) is 27.8 Å². The van der Waals surface area contributed by atoms with Crippen molar-refractivity contribution < 1.29 is 19.2 Å². The van der Waals surface area contributed by atoms with Gasteiger partial charge in [0.2, 0.25) is 5.91 Å². The van der Waals surface area contributed by atoms with Gasteiger partial charge in [0, 0.05) is 19.1 Å². The standard InChI is InChI=1S/C10H11N3O5/c1-5(14)12-7-4-9(18-2)6(10(11)15)3-8(7)13(16)17/h3-4H,1-2H3,(H2,11,15)(H,12,14). The topological polar surface area (TPSA) is 125 Å². The van der Waals surface area contributed by atoms with Gasteiger partial charge >= 0.3 is 0 Å². The summed E-state index contributed by atoms with van der Waals surface area (Å²) < 4.78 is 4.89. The van der Waals surface area contributed by atoms with Crippen LogP contribution in [-0.4, -0.2) is 23.8 Å². The first kappa shape index (κ1) is 13.4. The van der Waals surface area contributed by atoms with Crippen LogP contribution in [0.25, 0.3) is 0 Å². The second kappa shape index (κ2) is 5.13. The number of hydrogen-bond donors (Lipinski definition) is 2. The van der Waals surface area contributed by atoms with Gasteiger partial charge in [0.15, 0.2) is 0 Å². The number of primary amides is 1. The molecule has 0 radical (unpaired) electrons. The van der Waals surface area contributed by atoms with E-state index in [1.807, 2.05) is 0 Å². The molecule has 0 atom stereocenters. The number of amides is 2. The first-order valence-corrected chi connectivity index (χ1v) is 4.80. The SMILES string of the molecule is COc1cc(NC(C)=O)c([N+](=O)[O-])cc1C(N)=O. The Morgan fingerprint density at radius 2 is 2.06 bits per heavy atom. The molecule has 0 saturated carbocycles. The Hall–Kier alpha value is -2.64. The number of nitro groups is 1. The smallest absolute Gasteiger partial charge is 0.293 e. The van der Waals surface area contributed by atoms with Crippen LogP contribution in [0.1, 0.15) is 17.3 Å². The zero-order valence-corrected chi connectivity index (χ0v) is 9.72. The van der Waals surface area contributed by atoms with Crippen LogP contribution in [0.15, 0.2) is 12.1 Å². The van der Waals surface area contributed by atoms with Gasteiger partial charge in [-0.1, -0.05) is 0 Å². The van der Waals surface area contributed by atoms with Crippen LogP contribution in [-0.2, 0) is 4.79 Å². The molecule has 8 heteroatoms. The van der Waals surface area contributed by atoms with E-state index in [2.05, 4.69) is 5.32 Å². The number of ether oxygens (including phenoxy) is 1. The number of carbonyl (C=O) groups excluding carboxylic acids is 2. The molecule has 18 heavy (non-hydrogen) atoms. The summed E-state index contributed by atoms with van der Waals surface area (Å²) in [6, 6.07) is 2.14. The van der Waals surface area contributed by atoms with Crippen LogP contribution in [0, 0.1) is 10.1 Å². The van der Waals surface area contributed by atoms with Gasteiger partial charge in [-0.2, -0.15) is 0 Å². The summed E-state index contributed by atoms with van der Waals surface area (Å²) in [5, 5.41) is 13.1. The van der Waals surface area contributed by atoms with Crippen molar-refractivity contribution in [2.24, 2.45) is 5.73 Å². The van der Waals surface area contributed by atoms with Gasteiger partial charge in [-0.15, -0.1) is 0 Å². The molecule has 0 aromatic heterocycles. The van der Waals surface area contributed by atoms with Gasteiger partial charge in [-0.25, -0.2) is 0 Å². The van der Waals surface area contributed by atoms with E-state index in [0.717, 1.165) is 6.07 Å². The van der Waals surface area contributed by atoms with Crippen LogP contribution in [0.4, 0.5) is 11.4 Å². The third-order valence-electron chi connectivity index (χ3n) is 2.09. The predicted molar refractivity (Wildman–Crippen MR) is 62.5 cm³/mol. The summed E-state index contributed by atoms with van der Waals surface area (Å²) in [7, 11) is 1.28. The lowest BCUT2D eigenvalue weighted by Gasteiger charge is -2.09. The van der Waals surface area contributed by atoms with Crippen molar-refractivity contribution in [1.29, 1.82) is 0 Å². The first-order valence-electron chi connectivity index (χ1n) is 4.80. The molecule has 2 amide bonds. The Morgan fingerprint density at radius 1 is 1.44 bits per heavy atom. The predicted octanol–water partition coefficient (Wildman–Crippen LogP) is 0.661. The summed E-state index contributed by atoms with van der Waals surface area (Å²) in [6.07, 6.45) is 0. The Labute approximate surface area is 102 Å². The molecule has 1 aromatic rings. The van der Waals surface area contributed by atoms with Crippen molar-refractivity contribution in [3.63, 3.8) is 0 Å². The van der Waals surface area contributed by atoms with Crippen molar-refractivity contribution in [2.75, 3.05) is 12.4 Å². The second-order valence-corrected chi connectivity index (χ2v) is 3.37. The molecule has 1 rings (SSSR count). The minimum absolute atomic E-state index is 0.0526. The maximum atomic E-state index is 11.1. The number of anilines is 1. The number of nitrogens with zero attached hydrogens (tertiary/aromatic N) is 1. The minimum Gasteiger partial charge on any atom is -0.496 e. The molecule has 0 unspecified atom stereocenters. The monoisotopic (exact) mass is 253 g/mol. The number of nitrogens with two attached hydrogens (primary N) is 1. The number of benzene rings is 1. The Kier molecular flexibility index (Phi) is 3.82. The molecule has 0 fully saturated rings. The van der Waals surface area contributed by atoms with Gasteiger partial charge in [-0.3, -0.25) is 19.7 Å². The number of carbonyl (C=O) groups is 2. The second-order valence-electron chi connectivity index (χ2n) is 3.37. The lowest BCUT2D eigenvalue weighted by molar-refractivity contribution is -0.384. The fourth-order valence-corrected chi connectivity index (χ4v) is 1.37. The average molecular weight is 253 g/mol. The molecule has 0 spiro atoms. The molecule has 0 aliphatic rings. The van der Waals surface area contributed by atoms with Gasteiger partial charge in [-0.05, 0) is 0 Å². The van der Waals surface area contributed by atoms with Crippen molar-refractivity contribution in [2.45, 2.75) is 6.92 Å². The maximum Gasteiger partial charge on any atom is 0.293 e. The van der Waals surface area contributed by atoms with Gasteiger partial charge < -0.3 is 15.8 Å². The lowest BCUT2D eigenvalue weighted by Crippen LogP contribution is -2.14. The normalized spacial score (nSPS) is 9.67. The molecule has 3 N–H and O–H groups in total. The lowest BCUT2D eigenvalue weighted by atomic mass is 10.1. The molecular formula is C10H11N3O5. The highest BCUT2D eigenvalue weighted by Gasteiger charge is 2.21. The van der Waals surface area contributed by atoms with E-state index in [0.29, 0.717) is 0 Å². The summed E-state index contributed by atoms with van der Waals surface area (Å²) in [5.41, 5.74) is 4.46. The largest absolute Gasteiger partial charge is 0.496 e. The van der Waals surface area contributed by atoms with E-state index in [1.54, 1.807) is 0 Å². The summed E-state index contributed by atoms with van der Waals surface area (Å²) >= 11 is 0. The zero-order valence-electron chi connectivity index (χ0n) is 9.72. The van der Waals surface area contributed by atoms with Crippen LogP contribution in [0.3, 0.4) is 0 Å². The molecule has 0 saturated heterocycles. The van der Waals surface area contributed by atoms with Gasteiger partial charge in [0.05, 0.1) is 17.6 Å².